The van der Waals surface area contributed by atoms with Gasteiger partial charge in [-0.05, 0) is 36.8 Å². The SMILES string of the molecule is NC(=O)c1sc2ccc(OC(F)(F)F)cc2c1-c1cccc(C2CC2C(=O)O)n1. The van der Waals surface area contributed by atoms with E-state index in [2.05, 4.69) is 9.72 Å². The number of fused-ring (bicyclic) bond motifs is 1. The van der Waals surface area contributed by atoms with Gasteiger partial charge >= 0.3 is 12.3 Å². The maximum atomic E-state index is 12.6. The van der Waals surface area contributed by atoms with Crippen LogP contribution >= 0.6 is 11.3 Å². The molecule has 2 heterocycles. The summed E-state index contributed by atoms with van der Waals surface area (Å²) in [5.74, 6) is -2.82. The lowest BCUT2D eigenvalue weighted by atomic mass is 10.0. The molecule has 2 aromatic heterocycles. The van der Waals surface area contributed by atoms with Crippen molar-refractivity contribution in [2.24, 2.45) is 11.7 Å². The quantitative estimate of drug-likeness (QED) is 0.643. The number of ether oxygens (including phenoxy) is 1. The zero-order chi connectivity index (χ0) is 20.9. The van der Waals surface area contributed by atoms with Crippen molar-refractivity contribution >= 4 is 33.3 Å². The fourth-order valence-corrected chi connectivity index (χ4v) is 4.34. The highest BCUT2D eigenvalue weighted by molar-refractivity contribution is 7.21. The number of primary amides is 1. The summed E-state index contributed by atoms with van der Waals surface area (Å²) in [4.78, 5) is 27.7. The lowest BCUT2D eigenvalue weighted by molar-refractivity contribution is -0.274. The zero-order valence-electron chi connectivity index (χ0n) is 14.6. The average Bonchev–Trinajstić information content (AvgIpc) is 3.35. The number of hydrogen-bond donors (Lipinski definition) is 2. The highest BCUT2D eigenvalue weighted by Crippen LogP contribution is 2.48. The predicted molar refractivity (Wildman–Crippen MR) is 98.7 cm³/mol. The number of nitrogens with zero attached hydrogens (tertiary/aromatic N) is 1. The molecule has 1 fully saturated rings. The molecule has 2 unspecified atom stereocenters. The van der Waals surface area contributed by atoms with Crippen LogP contribution in [0.15, 0.2) is 36.4 Å². The number of thiophene rings is 1. The smallest absolute Gasteiger partial charge is 0.481 e. The summed E-state index contributed by atoms with van der Waals surface area (Å²) in [6.07, 6.45) is -4.39. The van der Waals surface area contributed by atoms with Gasteiger partial charge in [-0.1, -0.05) is 6.07 Å². The number of benzene rings is 1. The second-order valence-corrected chi connectivity index (χ2v) is 7.66. The molecule has 3 N–H and O–H groups in total. The van der Waals surface area contributed by atoms with E-state index in [0.29, 0.717) is 33.5 Å². The fraction of sp³-hybridized carbons (Fsp3) is 0.211. The van der Waals surface area contributed by atoms with Crippen molar-refractivity contribution in [2.75, 3.05) is 0 Å². The van der Waals surface area contributed by atoms with Gasteiger partial charge in [0, 0.05) is 27.3 Å². The second-order valence-electron chi connectivity index (χ2n) is 6.61. The molecular formula is C19H13F3N2O4S. The number of nitrogens with two attached hydrogens (primary N) is 1. The van der Waals surface area contributed by atoms with Crippen LogP contribution in [0.1, 0.15) is 27.7 Å². The number of alkyl halides is 3. The molecule has 6 nitrogen and oxygen atoms in total. The third kappa shape index (κ3) is 3.75. The maximum Gasteiger partial charge on any atom is 0.573 e. The Morgan fingerprint density at radius 3 is 2.62 bits per heavy atom. The van der Waals surface area contributed by atoms with Crippen LogP contribution in [-0.4, -0.2) is 28.3 Å². The van der Waals surface area contributed by atoms with E-state index in [1.165, 1.54) is 12.1 Å². The van der Waals surface area contributed by atoms with Crippen LogP contribution in [0, 0.1) is 5.92 Å². The number of carbonyl (C=O) groups excluding carboxylic acids is 1. The summed E-state index contributed by atoms with van der Waals surface area (Å²) >= 11 is 1.04. The molecular weight excluding hydrogens is 409 g/mol. The van der Waals surface area contributed by atoms with Gasteiger partial charge in [-0.2, -0.15) is 0 Å². The topological polar surface area (TPSA) is 103 Å². The van der Waals surface area contributed by atoms with E-state index < -0.39 is 29.9 Å². The summed E-state index contributed by atoms with van der Waals surface area (Å²) in [5, 5.41) is 9.47. The van der Waals surface area contributed by atoms with Crippen LogP contribution in [0.5, 0.6) is 5.75 Å². The number of carboxylic acids is 1. The Balaban J connectivity index is 1.83. The van der Waals surface area contributed by atoms with E-state index in [4.69, 9.17) is 10.8 Å². The number of amides is 1. The minimum Gasteiger partial charge on any atom is -0.481 e. The molecule has 0 bridgehead atoms. The van der Waals surface area contributed by atoms with Crippen LogP contribution in [0.3, 0.4) is 0 Å². The Hall–Kier alpha value is -3.14. The molecule has 29 heavy (non-hydrogen) atoms. The molecule has 0 aliphatic heterocycles. The van der Waals surface area contributed by atoms with Gasteiger partial charge in [0.05, 0.1) is 11.6 Å². The number of pyridine rings is 1. The lowest BCUT2D eigenvalue weighted by Crippen LogP contribution is -2.16. The lowest BCUT2D eigenvalue weighted by Gasteiger charge is -2.09. The van der Waals surface area contributed by atoms with Gasteiger partial charge in [0.1, 0.15) is 10.6 Å². The molecule has 150 valence electrons. The van der Waals surface area contributed by atoms with Crippen molar-refractivity contribution in [1.29, 1.82) is 0 Å². The second kappa shape index (κ2) is 6.73. The van der Waals surface area contributed by atoms with E-state index in [-0.39, 0.29) is 10.8 Å². The summed E-state index contributed by atoms with van der Waals surface area (Å²) in [5.41, 5.74) is 6.67. The first-order valence-corrected chi connectivity index (χ1v) is 9.28. The molecule has 0 radical (unpaired) electrons. The van der Waals surface area contributed by atoms with E-state index in [9.17, 15) is 22.8 Å². The van der Waals surface area contributed by atoms with Gasteiger partial charge in [0.25, 0.3) is 5.91 Å². The first-order chi connectivity index (χ1) is 13.6. The van der Waals surface area contributed by atoms with Gasteiger partial charge in [-0.15, -0.1) is 24.5 Å². The zero-order valence-corrected chi connectivity index (χ0v) is 15.4. The number of carboxylic acid groups (broad SMARTS) is 1. The van der Waals surface area contributed by atoms with Crippen LogP contribution in [0.25, 0.3) is 21.3 Å². The molecule has 10 heteroatoms. The molecule has 0 spiro atoms. The Bertz CT molecular complexity index is 1140. The first-order valence-electron chi connectivity index (χ1n) is 8.46. The van der Waals surface area contributed by atoms with Gasteiger partial charge in [-0.25, -0.2) is 0 Å². The van der Waals surface area contributed by atoms with Crippen molar-refractivity contribution in [3.63, 3.8) is 0 Å². The third-order valence-electron chi connectivity index (χ3n) is 4.63. The van der Waals surface area contributed by atoms with Crippen LogP contribution in [0.2, 0.25) is 0 Å². The Morgan fingerprint density at radius 2 is 2.00 bits per heavy atom. The van der Waals surface area contributed by atoms with Crippen molar-refractivity contribution < 1.29 is 32.6 Å². The molecule has 1 aromatic carbocycles. The first kappa shape index (κ1) is 19.2. The van der Waals surface area contributed by atoms with E-state index >= 15 is 0 Å². The van der Waals surface area contributed by atoms with Crippen molar-refractivity contribution in [1.82, 2.24) is 4.98 Å². The molecule has 2 atom stereocenters. The Kier molecular flexibility index (Phi) is 4.45. The van der Waals surface area contributed by atoms with Crippen molar-refractivity contribution in [3.8, 4) is 17.0 Å². The third-order valence-corrected chi connectivity index (χ3v) is 5.82. The van der Waals surface area contributed by atoms with Gasteiger partial charge in [-0.3, -0.25) is 14.6 Å². The van der Waals surface area contributed by atoms with E-state index in [1.54, 1.807) is 18.2 Å². The van der Waals surface area contributed by atoms with Crippen molar-refractivity contribution in [3.05, 3.63) is 47.0 Å². The van der Waals surface area contributed by atoms with E-state index in [0.717, 1.165) is 17.4 Å². The van der Waals surface area contributed by atoms with Crippen LogP contribution in [-0.2, 0) is 4.79 Å². The standard InChI is InChI=1S/C19H13F3N2O4S/c20-19(21,22)28-8-4-5-14-11(6-8)15(16(29-14)17(23)25)13-3-1-2-12(24-13)9-7-10(9)18(26)27/h1-6,9-10H,7H2,(H2,23,25)(H,26,27). The fourth-order valence-electron chi connectivity index (χ4n) is 3.29. The number of aliphatic carboxylic acids is 1. The highest BCUT2D eigenvalue weighted by atomic mass is 32.1. The summed E-state index contributed by atoms with van der Waals surface area (Å²) < 4.78 is 42.3. The molecule has 1 aliphatic carbocycles. The largest absolute Gasteiger partial charge is 0.573 e. The summed E-state index contributed by atoms with van der Waals surface area (Å²) in [6, 6.07) is 8.72. The highest BCUT2D eigenvalue weighted by Gasteiger charge is 2.45. The molecule has 3 aromatic rings. The van der Waals surface area contributed by atoms with Crippen LogP contribution < -0.4 is 10.5 Å². The molecule has 1 saturated carbocycles. The summed E-state index contributed by atoms with van der Waals surface area (Å²) in [7, 11) is 0. The van der Waals surface area contributed by atoms with Gasteiger partial charge < -0.3 is 15.6 Å². The molecule has 1 aliphatic rings. The molecule has 4 rings (SSSR count). The number of rotatable bonds is 5. The molecule has 1 amide bonds. The number of aromatic nitrogens is 1. The van der Waals surface area contributed by atoms with Crippen LogP contribution in [0.4, 0.5) is 13.2 Å². The number of carbonyl (C=O) groups is 2. The number of hydrogen-bond acceptors (Lipinski definition) is 5. The summed E-state index contributed by atoms with van der Waals surface area (Å²) in [6.45, 7) is 0. The predicted octanol–water partition coefficient (Wildman–Crippen LogP) is 4.15. The van der Waals surface area contributed by atoms with Crippen molar-refractivity contribution in [2.45, 2.75) is 18.7 Å². The molecule has 0 saturated heterocycles. The minimum absolute atomic E-state index is 0.152. The Labute approximate surface area is 165 Å². The van der Waals surface area contributed by atoms with Gasteiger partial charge in [0.15, 0.2) is 0 Å². The van der Waals surface area contributed by atoms with E-state index in [1.807, 2.05) is 0 Å². The Morgan fingerprint density at radius 1 is 1.24 bits per heavy atom. The monoisotopic (exact) mass is 422 g/mol. The maximum absolute atomic E-state index is 12.6. The minimum atomic E-state index is -4.85. The van der Waals surface area contributed by atoms with Gasteiger partial charge in [0.2, 0.25) is 0 Å². The normalized spacial score (nSPS) is 18.6. The average molecular weight is 422 g/mol. The number of halogens is 3.